The molecule has 154 valence electrons. The zero-order valence-electron chi connectivity index (χ0n) is 16.5. The fourth-order valence-electron chi connectivity index (χ4n) is 5.28. The zero-order chi connectivity index (χ0) is 19.0. The highest BCUT2D eigenvalue weighted by Gasteiger charge is 2.43. The molecule has 2 fully saturated rings. The number of rotatable bonds is 1. The van der Waals surface area contributed by atoms with Crippen LogP contribution in [0.15, 0.2) is 24.3 Å². The van der Waals surface area contributed by atoms with Crippen LogP contribution in [0.1, 0.15) is 43.7 Å². The lowest BCUT2D eigenvalue weighted by Crippen LogP contribution is -2.55. The number of hydrogen-bond acceptors (Lipinski definition) is 3. The molecule has 0 atom stereocenters. The van der Waals surface area contributed by atoms with Gasteiger partial charge in [0.25, 0.3) is 0 Å². The fraction of sp³-hybridized carbons (Fsp3) is 0.619. The van der Waals surface area contributed by atoms with Crippen LogP contribution in [0.25, 0.3) is 0 Å². The van der Waals surface area contributed by atoms with E-state index in [0.29, 0.717) is 19.1 Å². The van der Waals surface area contributed by atoms with Crippen LogP contribution in [-0.4, -0.2) is 70.6 Å². The van der Waals surface area contributed by atoms with E-state index in [1.54, 1.807) is 6.92 Å². The highest BCUT2D eigenvalue weighted by molar-refractivity contribution is 5.85. The van der Waals surface area contributed by atoms with Gasteiger partial charge < -0.3 is 19.8 Å². The van der Waals surface area contributed by atoms with Crippen molar-refractivity contribution in [3.05, 3.63) is 35.4 Å². The minimum absolute atomic E-state index is 0. The van der Waals surface area contributed by atoms with Gasteiger partial charge >= 0.3 is 6.09 Å². The number of hydrogen-bond donors (Lipinski definition) is 1. The van der Waals surface area contributed by atoms with E-state index < -0.39 is 6.09 Å². The van der Waals surface area contributed by atoms with Gasteiger partial charge in [-0.3, -0.25) is 4.79 Å². The third-order valence-corrected chi connectivity index (χ3v) is 6.90. The molecular weight excluding hydrogens is 378 g/mol. The summed E-state index contributed by atoms with van der Waals surface area (Å²) in [5.41, 5.74) is 2.80. The van der Waals surface area contributed by atoms with E-state index in [2.05, 4.69) is 29.2 Å². The van der Waals surface area contributed by atoms with Crippen molar-refractivity contribution in [2.24, 2.45) is 0 Å². The maximum absolute atomic E-state index is 12.1. The molecule has 1 aromatic rings. The number of nitrogens with zero attached hydrogens (tertiary/aromatic N) is 3. The number of carbonyl (C=O) groups excluding carboxylic acids is 1. The average Bonchev–Trinajstić information content (AvgIpc) is 2.68. The van der Waals surface area contributed by atoms with Crippen LogP contribution in [0.2, 0.25) is 0 Å². The van der Waals surface area contributed by atoms with Crippen molar-refractivity contribution >= 4 is 24.4 Å². The van der Waals surface area contributed by atoms with Crippen molar-refractivity contribution in [3.63, 3.8) is 0 Å². The lowest BCUT2D eigenvalue weighted by molar-refractivity contribution is -0.131. The molecule has 6 nitrogen and oxygen atoms in total. The van der Waals surface area contributed by atoms with Crippen LogP contribution in [0.3, 0.4) is 0 Å². The number of amides is 2. The largest absolute Gasteiger partial charge is 0.465 e. The summed E-state index contributed by atoms with van der Waals surface area (Å²) in [4.78, 5) is 29.3. The van der Waals surface area contributed by atoms with E-state index in [0.717, 1.165) is 51.9 Å². The Morgan fingerprint density at radius 3 is 2.29 bits per heavy atom. The van der Waals surface area contributed by atoms with E-state index in [-0.39, 0.29) is 23.7 Å². The third kappa shape index (κ3) is 3.85. The first kappa shape index (κ1) is 20.9. The molecule has 0 saturated carbocycles. The second-order valence-electron chi connectivity index (χ2n) is 8.35. The van der Waals surface area contributed by atoms with Gasteiger partial charge in [0.1, 0.15) is 0 Å². The van der Waals surface area contributed by atoms with Crippen LogP contribution >= 0.6 is 12.4 Å². The van der Waals surface area contributed by atoms with Gasteiger partial charge in [-0.2, -0.15) is 0 Å². The summed E-state index contributed by atoms with van der Waals surface area (Å²) in [6.07, 6.45) is 3.18. The molecular formula is C21H30ClN3O3. The summed E-state index contributed by atoms with van der Waals surface area (Å²) < 4.78 is 0. The molecule has 0 unspecified atom stereocenters. The second-order valence-corrected chi connectivity index (χ2v) is 8.35. The first-order valence-electron chi connectivity index (χ1n) is 10.0. The number of piperidine rings is 2. The molecule has 1 aromatic carbocycles. The van der Waals surface area contributed by atoms with Crippen LogP contribution in [0, 0.1) is 0 Å². The van der Waals surface area contributed by atoms with Crippen molar-refractivity contribution in [1.82, 2.24) is 14.7 Å². The first-order chi connectivity index (χ1) is 13.0. The van der Waals surface area contributed by atoms with Crippen molar-refractivity contribution in [2.75, 3.05) is 32.7 Å². The van der Waals surface area contributed by atoms with Gasteiger partial charge in [-0.15, -0.1) is 12.4 Å². The molecule has 28 heavy (non-hydrogen) atoms. The zero-order valence-corrected chi connectivity index (χ0v) is 17.3. The summed E-state index contributed by atoms with van der Waals surface area (Å²) in [6, 6.07) is 9.11. The van der Waals surface area contributed by atoms with Crippen LogP contribution in [0.4, 0.5) is 4.79 Å². The Morgan fingerprint density at radius 2 is 1.68 bits per heavy atom. The molecule has 2 saturated heterocycles. The van der Waals surface area contributed by atoms with Crippen molar-refractivity contribution in [2.45, 2.75) is 50.6 Å². The minimum atomic E-state index is -0.797. The minimum Gasteiger partial charge on any atom is -0.465 e. The average molecular weight is 408 g/mol. The third-order valence-electron chi connectivity index (χ3n) is 6.90. The Kier molecular flexibility index (Phi) is 6.20. The van der Waals surface area contributed by atoms with Crippen LogP contribution < -0.4 is 0 Å². The topological polar surface area (TPSA) is 64.1 Å². The normalized spacial score (nSPS) is 22.5. The molecule has 4 rings (SSSR count). The second kappa shape index (κ2) is 8.29. The summed E-state index contributed by atoms with van der Waals surface area (Å²) in [5.74, 6) is 0.160. The monoisotopic (exact) mass is 407 g/mol. The van der Waals surface area contributed by atoms with Gasteiger partial charge in [-0.05, 0) is 49.9 Å². The number of benzene rings is 1. The molecule has 0 bridgehead atoms. The summed E-state index contributed by atoms with van der Waals surface area (Å²) in [5, 5.41) is 9.14. The Balaban J connectivity index is 0.00000225. The first-order valence-corrected chi connectivity index (χ1v) is 10.0. The molecule has 3 aliphatic heterocycles. The number of carboxylic acid groups (broad SMARTS) is 1. The number of fused-ring (bicyclic) bond motifs is 2. The van der Waals surface area contributed by atoms with E-state index in [1.165, 1.54) is 16.0 Å². The van der Waals surface area contributed by atoms with Crippen LogP contribution in [-0.2, 0) is 16.8 Å². The smallest absolute Gasteiger partial charge is 0.407 e. The number of carbonyl (C=O) groups is 2. The molecule has 0 aliphatic carbocycles. The Bertz CT molecular complexity index is 725. The van der Waals surface area contributed by atoms with E-state index >= 15 is 0 Å². The SMILES string of the molecule is CC(=O)N1Cc2ccccc2C2(CCN(C3CCN(C(=O)O)CC3)CC2)C1.Cl. The quantitative estimate of drug-likeness (QED) is 0.777. The Labute approximate surface area is 172 Å². The molecule has 3 heterocycles. The summed E-state index contributed by atoms with van der Waals surface area (Å²) >= 11 is 0. The Morgan fingerprint density at radius 1 is 1.04 bits per heavy atom. The van der Waals surface area contributed by atoms with Gasteiger partial charge in [0.2, 0.25) is 5.91 Å². The van der Waals surface area contributed by atoms with Gasteiger partial charge in [0.15, 0.2) is 0 Å². The van der Waals surface area contributed by atoms with Crippen molar-refractivity contribution in [3.8, 4) is 0 Å². The molecule has 2 amide bonds. The highest BCUT2D eigenvalue weighted by Crippen LogP contribution is 2.42. The van der Waals surface area contributed by atoms with Crippen molar-refractivity contribution < 1.29 is 14.7 Å². The number of halogens is 1. The molecule has 1 N–H and O–H groups in total. The number of likely N-dealkylation sites (tertiary alicyclic amines) is 2. The van der Waals surface area contributed by atoms with Gasteiger partial charge in [0.05, 0.1) is 0 Å². The lowest BCUT2D eigenvalue weighted by atomic mass is 9.68. The van der Waals surface area contributed by atoms with Gasteiger partial charge in [-0.25, -0.2) is 4.79 Å². The molecule has 3 aliphatic rings. The van der Waals surface area contributed by atoms with E-state index in [4.69, 9.17) is 5.11 Å². The maximum atomic E-state index is 12.1. The predicted molar refractivity (Wildman–Crippen MR) is 110 cm³/mol. The lowest BCUT2D eigenvalue weighted by Gasteiger charge is -2.50. The van der Waals surface area contributed by atoms with Gasteiger partial charge in [-0.1, -0.05) is 24.3 Å². The summed E-state index contributed by atoms with van der Waals surface area (Å²) in [6.45, 7) is 6.56. The van der Waals surface area contributed by atoms with Crippen molar-refractivity contribution in [1.29, 1.82) is 0 Å². The molecule has 1 spiro atoms. The van der Waals surface area contributed by atoms with Gasteiger partial charge in [0, 0.05) is 44.6 Å². The summed E-state index contributed by atoms with van der Waals surface area (Å²) in [7, 11) is 0. The van der Waals surface area contributed by atoms with E-state index in [1.807, 2.05) is 4.90 Å². The van der Waals surface area contributed by atoms with E-state index in [9.17, 15) is 9.59 Å². The molecule has 0 radical (unpaired) electrons. The molecule has 7 heteroatoms. The van der Waals surface area contributed by atoms with Crippen LogP contribution in [0.5, 0.6) is 0 Å². The standard InChI is InChI=1S/C21H29N3O3.ClH/c1-16(25)24-14-17-4-2-3-5-19(17)21(15-24)8-12-22(13-9-21)18-6-10-23(11-7-18)20(26)27;/h2-5,18H,6-15H2,1H3,(H,26,27);1H. The Hall–Kier alpha value is -1.79. The fourth-order valence-corrected chi connectivity index (χ4v) is 5.28. The predicted octanol–water partition coefficient (Wildman–Crippen LogP) is 2.95. The highest BCUT2D eigenvalue weighted by atomic mass is 35.5. The maximum Gasteiger partial charge on any atom is 0.407 e. The molecule has 0 aromatic heterocycles.